The lowest BCUT2D eigenvalue weighted by atomic mass is 10.3. The van der Waals surface area contributed by atoms with Crippen LogP contribution in [0, 0.1) is 5.41 Å². The first-order valence-electron chi connectivity index (χ1n) is 4.00. The summed E-state index contributed by atoms with van der Waals surface area (Å²) in [7, 11) is 0. The Labute approximate surface area is 94.4 Å². The maximum absolute atomic E-state index is 7.26. The first kappa shape index (κ1) is 10.1. The monoisotopic (exact) mass is 237 g/mol. The minimum atomic E-state index is -0.0327. The predicted molar refractivity (Wildman–Crippen MR) is 59.3 cm³/mol. The predicted octanol–water partition coefficient (Wildman–Crippen LogP) is 1.37. The maximum Gasteiger partial charge on any atom is 0.174 e. The fourth-order valence-corrected chi connectivity index (χ4v) is 2.38. The molecule has 2 aromatic rings. The molecule has 0 aliphatic rings. The zero-order valence-corrected chi connectivity index (χ0v) is 9.18. The van der Waals surface area contributed by atoms with E-state index >= 15 is 0 Å². The van der Waals surface area contributed by atoms with E-state index < -0.39 is 0 Å². The highest BCUT2D eigenvalue weighted by molar-refractivity contribution is 8.01. The van der Waals surface area contributed by atoms with Gasteiger partial charge in [0.15, 0.2) is 4.34 Å². The first-order valence-corrected chi connectivity index (χ1v) is 5.59. The molecule has 0 saturated heterocycles. The molecule has 0 spiro atoms. The van der Waals surface area contributed by atoms with Crippen LogP contribution in [0.1, 0.15) is 5.69 Å². The molecule has 2 aromatic heterocycles. The number of rotatable bonds is 3. The van der Waals surface area contributed by atoms with E-state index in [2.05, 4.69) is 14.3 Å². The van der Waals surface area contributed by atoms with Gasteiger partial charge in [0, 0.05) is 11.1 Å². The van der Waals surface area contributed by atoms with Gasteiger partial charge in [0.1, 0.15) is 17.9 Å². The average molecular weight is 237 g/mol. The summed E-state index contributed by atoms with van der Waals surface area (Å²) < 4.78 is 4.76. The lowest BCUT2D eigenvalue weighted by Crippen LogP contribution is -2.12. The molecule has 76 valence electrons. The Hall–Kier alpha value is -1.47. The maximum atomic E-state index is 7.26. The molecule has 0 amide bonds. The Kier molecular flexibility index (Phi) is 2.93. The van der Waals surface area contributed by atoms with Gasteiger partial charge in [-0.1, -0.05) is 11.8 Å². The van der Waals surface area contributed by atoms with Gasteiger partial charge in [-0.3, -0.25) is 10.4 Å². The molecule has 0 bridgehead atoms. The Balaban J connectivity index is 2.22. The molecule has 5 nitrogen and oxygen atoms in total. The van der Waals surface area contributed by atoms with Crippen LogP contribution >= 0.6 is 23.3 Å². The van der Waals surface area contributed by atoms with Gasteiger partial charge in [-0.2, -0.15) is 4.37 Å². The molecule has 3 N–H and O–H groups in total. The van der Waals surface area contributed by atoms with Crippen molar-refractivity contribution in [1.82, 2.24) is 14.3 Å². The molecule has 0 saturated carbocycles. The highest BCUT2D eigenvalue weighted by Gasteiger charge is 2.03. The van der Waals surface area contributed by atoms with Crippen LogP contribution in [-0.4, -0.2) is 20.2 Å². The third kappa shape index (κ3) is 2.51. The molecule has 2 heterocycles. The SMILES string of the molecule is N=C(N)c1cc(Sc2ncns2)ccn1. The van der Waals surface area contributed by atoms with Crippen LogP contribution in [0.2, 0.25) is 0 Å². The van der Waals surface area contributed by atoms with Crippen molar-refractivity contribution in [2.24, 2.45) is 5.73 Å². The van der Waals surface area contributed by atoms with Crippen LogP contribution in [0.5, 0.6) is 0 Å². The molecule has 2 rings (SSSR count). The number of nitrogens with one attached hydrogen (secondary N) is 1. The molecule has 0 unspecified atom stereocenters. The standard InChI is InChI=1S/C8H7N5S2/c9-7(10)6-3-5(1-2-11-6)14-8-12-4-13-15-8/h1-4H,(H3,9,10). The fourth-order valence-electron chi connectivity index (χ4n) is 0.931. The third-order valence-electron chi connectivity index (χ3n) is 1.55. The van der Waals surface area contributed by atoms with Gasteiger partial charge < -0.3 is 5.73 Å². The number of amidine groups is 1. The molecular weight excluding hydrogens is 230 g/mol. The highest BCUT2D eigenvalue weighted by atomic mass is 32.2. The lowest BCUT2D eigenvalue weighted by Gasteiger charge is -2.00. The molecule has 0 aromatic carbocycles. The number of pyridine rings is 1. The van der Waals surface area contributed by atoms with E-state index in [4.69, 9.17) is 11.1 Å². The summed E-state index contributed by atoms with van der Waals surface area (Å²) in [5, 5.41) is 7.26. The minimum absolute atomic E-state index is 0.0327. The summed E-state index contributed by atoms with van der Waals surface area (Å²) in [6.07, 6.45) is 3.14. The third-order valence-corrected chi connectivity index (χ3v) is 3.26. The summed E-state index contributed by atoms with van der Waals surface area (Å²) in [4.78, 5) is 8.97. The molecule has 7 heteroatoms. The zero-order valence-electron chi connectivity index (χ0n) is 7.54. The summed E-state index contributed by atoms with van der Waals surface area (Å²) in [6.45, 7) is 0. The Morgan fingerprint density at radius 1 is 1.47 bits per heavy atom. The van der Waals surface area contributed by atoms with Crippen molar-refractivity contribution in [2.75, 3.05) is 0 Å². The van der Waals surface area contributed by atoms with Gasteiger partial charge in [0.25, 0.3) is 0 Å². The van der Waals surface area contributed by atoms with Gasteiger partial charge in [-0.15, -0.1) is 0 Å². The smallest absolute Gasteiger partial charge is 0.174 e. The number of aromatic nitrogens is 3. The van der Waals surface area contributed by atoms with E-state index in [1.165, 1.54) is 29.6 Å². The summed E-state index contributed by atoms with van der Waals surface area (Å²) in [5.41, 5.74) is 5.82. The molecule has 0 aliphatic carbocycles. The molecule has 0 fully saturated rings. The second-order valence-electron chi connectivity index (χ2n) is 2.60. The molecule has 0 aliphatic heterocycles. The number of hydrogen-bond acceptors (Lipinski definition) is 6. The van der Waals surface area contributed by atoms with Gasteiger partial charge in [0.05, 0.1) is 0 Å². The van der Waals surface area contributed by atoms with E-state index in [1.54, 1.807) is 12.3 Å². The second-order valence-corrected chi connectivity index (χ2v) is 4.70. The number of nitrogens with zero attached hydrogens (tertiary/aromatic N) is 3. The largest absolute Gasteiger partial charge is 0.382 e. The van der Waals surface area contributed by atoms with Crippen molar-refractivity contribution in [1.29, 1.82) is 5.41 Å². The molecule has 15 heavy (non-hydrogen) atoms. The zero-order chi connectivity index (χ0) is 10.7. The number of hydrogen-bond donors (Lipinski definition) is 2. The van der Waals surface area contributed by atoms with Crippen molar-refractivity contribution in [2.45, 2.75) is 9.24 Å². The van der Waals surface area contributed by atoms with Crippen LogP contribution in [0.4, 0.5) is 0 Å². The second kappa shape index (κ2) is 4.37. The van der Waals surface area contributed by atoms with Gasteiger partial charge in [0.2, 0.25) is 0 Å². The minimum Gasteiger partial charge on any atom is -0.382 e. The molecular formula is C8H7N5S2. The quantitative estimate of drug-likeness (QED) is 0.621. The Morgan fingerprint density at radius 3 is 3.00 bits per heavy atom. The Bertz CT molecular complexity index is 468. The van der Waals surface area contributed by atoms with Gasteiger partial charge in [-0.05, 0) is 23.7 Å². The van der Waals surface area contributed by atoms with E-state index in [0.29, 0.717) is 5.69 Å². The van der Waals surface area contributed by atoms with Crippen molar-refractivity contribution in [3.63, 3.8) is 0 Å². The van der Waals surface area contributed by atoms with E-state index in [1.807, 2.05) is 6.07 Å². The number of nitrogen functional groups attached to an aromatic ring is 1. The summed E-state index contributed by atoms with van der Waals surface area (Å²) in [5.74, 6) is -0.0327. The fraction of sp³-hybridized carbons (Fsp3) is 0. The van der Waals surface area contributed by atoms with Crippen LogP contribution < -0.4 is 5.73 Å². The molecule has 0 radical (unpaired) electrons. The van der Waals surface area contributed by atoms with Crippen LogP contribution in [0.15, 0.2) is 33.9 Å². The van der Waals surface area contributed by atoms with Crippen molar-refractivity contribution < 1.29 is 0 Å². The van der Waals surface area contributed by atoms with Crippen LogP contribution in [0.3, 0.4) is 0 Å². The van der Waals surface area contributed by atoms with Crippen LogP contribution in [0.25, 0.3) is 0 Å². The van der Waals surface area contributed by atoms with E-state index in [-0.39, 0.29) is 5.84 Å². The average Bonchev–Trinajstić information content (AvgIpc) is 2.71. The van der Waals surface area contributed by atoms with Crippen LogP contribution in [-0.2, 0) is 0 Å². The number of nitrogens with two attached hydrogens (primary N) is 1. The van der Waals surface area contributed by atoms with Gasteiger partial charge in [-0.25, -0.2) is 4.98 Å². The van der Waals surface area contributed by atoms with Crippen molar-refractivity contribution >= 4 is 29.1 Å². The van der Waals surface area contributed by atoms with E-state index in [0.717, 1.165) is 9.24 Å². The summed E-state index contributed by atoms with van der Waals surface area (Å²) in [6, 6.07) is 3.60. The molecule has 0 atom stereocenters. The van der Waals surface area contributed by atoms with Gasteiger partial charge >= 0.3 is 0 Å². The lowest BCUT2D eigenvalue weighted by molar-refractivity contribution is 1.19. The highest BCUT2D eigenvalue weighted by Crippen LogP contribution is 2.27. The van der Waals surface area contributed by atoms with Crippen molar-refractivity contribution in [3.8, 4) is 0 Å². The topological polar surface area (TPSA) is 88.5 Å². The summed E-state index contributed by atoms with van der Waals surface area (Å²) >= 11 is 2.81. The van der Waals surface area contributed by atoms with Crippen molar-refractivity contribution in [3.05, 3.63) is 30.4 Å². The first-order chi connectivity index (χ1) is 7.25. The van der Waals surface area contributed by atoms with E-state index in [9.17, 15) is 0 Å². The normalized spacial score (nSPS) is 10.1. The Morgan fingerprint density at radius 2 is 2.33 bits per heavy atom.